The van der Waals surface area contributed by atoms with Gasteiger partial charge in [-0.05, 0) is 50.1 Å². The van der Waals surface area contributed by atoms with Crippen LogP contribution >= 0.6 is 0 Å². The number of amides is 1. The van der Waals surface area contributed by atoms with E-state index in [0.717, 1.165) is 16.9 Å². The number of nitrogens with one attached hydrogen (secondary N) is 1. The van der Waals surface area contributed by atoms with Gasteiger partial charge in [-0.25, -0.2) is 0 Å². The molecule has 0 fully saturated rings. The first kappa shape index (κ1) is 16.8. The van der Waals surface area contributed by atoms with E-state index in [-0.39, 0.29) is 11.4 Å². The third-order valence-corrected chi connectivity index (χ3v) is 3.03. The topological polar surface area (TPSA) is 38.3 Å². The van der Waals surface area contributed by atoms with Crippen LogP contribution in [0.15, 0.2) is 60.7 Å². The standard InChI is InChI=1S/C20H23NO2/c1-20(2,3)21-19(22)13-12-16-10-7-11-18(14-16)23-15-17-8-5-4-6-9-17/h4-14H,15H2,1-3H3,(H,21,22). The van der Waals surface area contributed by atoms with Crippen molar-refractivity contribution in [3.05, 3.63) is 71.8 Å². The summed E-state index contributed by atoms with van der Waals surface area (Å²) in [5, 5.41) is 2.89. The minimum atomic E-state index is -0.234. The van der Waals surface area contributed by atoms with Crippen molar-refractivity contribution in [1.29, 1.82) is 0 Å². The van der Waals surface area contributed by atoms with Gasteiger partial charge in [0.1, 0.15) is 12.4 Å². The van der Waals surface area contributed by atoms with Crippen LogP contribution in [0.1, 0.15) is 31.9 Å². The number of hydrogen-bond acceptors (Lipinski definition) is 2. The molecular formula is C20H23NO2. The molecule has 0 spiro atoms. The highest BCUT2D eigenvalue weighted by Gasteiger charge is 2.11. The second-order valence-electron chi connectivity index (χ2n) is 6.42. The Bertz CT molecular complexity index is 670. The van der Waals surface area contributed by atoms with Crippen molar-refractivity contribution >= 4 is 12.0 Å². The summed E-state index contributed by atoms with van der Waals surface area (Å²) in [5.41, 5.74) is 1.82. The summed E-state index contributed by atoms with van der Waals surface area (Å²) in [6.45, 7) is 6.39. The number of rotatable bonds is 5. The molecule has 2 aromatic rings. The molecular weight excluding hydrogens is 286 g/mol. The number of carbonyl (C=O) groups is 1. The molecule has 120 valence electrons. The van der Waals surface area contributed by atoms with E-state index in [0.29, 0.717) is 6.61 Å². The normalized spacial score (nSPS) is 11.4. The lowest BCUT2D eigenvalue weighted by Crippen LogP contribution is -2.39. The number of benzene rings is 2. The molecule has 0 aromatic heterocycles. The van der Waals surface area contributed by atoms with Gasteiger partial charge in [0.15, 0.2) is 0 Å². The van der Waals surface area contributed by atoms with Crippen molar-refractivity contribution in [2.75, 3.05) is 0 Å². The second-order valence-corrected chi connectivity index (χ2v) is 6.42. The maximum atomic E-state index is 11.8. The molecule has 2 rings (SSSR count). The minimum Gasteiger partial charge on any atom is -0.489 e. The van der Waals surface area contributed by atoms with E-state index in [2.05, 4.69) is 5.32 Å². The van der Waals surface area contributed by atoms with Gasteiger partial charge < -0.3 is 10.1 Å². The summed E-state index contributed by atoms with van der Waals surface area (Å²) in [7, 11) is 0. The monoisotopic (exact) mass is 309 g/mol. The summed E-state index contributed by atoms with van der Waals surface area (Å²) in [5.74, 6) is 0.681. The minimum absolute atomic E-state index is 0.104. The van der Waals surface area contributed by atoms with E-state index in [1.54, 1.807) is 12.2 Å². The van der Waals surface area contributed by atoms with Gasteiger partial charge in [-0.3, -0.25) is 4.79 Å². The molecule has 0 aliphatic carbocycles. The molecule has 3 nitrogen and oxygen atoms in total. The van der Waals surface area contributed by atoms with Crippen LogP contribution in [-0.2, 0) is 11.4 Å². The lowest BCUT2D eigenvalue weighted by Gasteiger charge is -2.18. The van der Waals surface area contributed by atoms with Crippen molar-refractivity contribution in [3.8, 4) is 5.75 Å². The van der Waals surface area contributed by atoms with Gasteiger partial charge in [0, 0.05) is 11.6 Å². The van der Waals surface area contributed by atoms with E-state index in [1.165, 1.54) is 0 Å². The zero-order valence-electron chi connectivity index (χ0n) is 13.9. The van der Waals surface area contributed by atoms with E-state index >= 15 is 0 Å². The largest absolute Gasteiger partial charge is 0.489 e. The highest BCUT2D eigenvalue weighted by Crippen LogP contribution is 2.16. The Morgan fingerprint density at radius 3 is 2.52 bits per heavy atom. The first-order valence-electron chi connectivity index (χ1n) is 7.69. The number of ether oxygens (including phenoxy) is 1. The molecule has 23 heavy (non-hydrogen) atoms. The van der Waals surface area contributed by atoms with Crippen LogP contribution < -0.4 is 10.1 Å². The first-order valence-corrected chi connectivity index (χ1v) is 7.69. The van der Waals surface area contributed by atoms with E-state index < -0.39 is 0 Å². The number of hydrogen-bond donors (Lipinski definition) is 1. The highest BCUT2D eigenvalue weighted by molar-refractivity contribution is 5.92. The molecule has 0 saturated carbocycles. The van der Waals surface area contributed by atoms with Gasteiger partial charge in [-0.15, -0.1) is 0 Å². The molecule has 0 aliphatic heterocycles. The number of carbonyl (C=O) groups excluding carboxylic acids is 1. The van der Waals surface area contributed by atoms with Crippen molar-refractivity contribution in [2.45, 2.75) is 32.9 Å². The van der Waals surface area contributed by atoms with Gasteiger partial charge in [-0.1, -0.05) is 42.5 Å². The molecule has 0 saturated heterocycles. The Kier molecular flexibility index (Phi) is 5.58. The lowest BCUT2D eigenvalue weighted by molar-refractivity contribution is -0.117. The summed E-state index contributed by atoms with van der Waals surface area (Å²) in [6.07, 6.45) is 3.33. The molecule has 0 bridgehead atoms. The van der Waals surface area contributed by atoms with Crippen LogP contribution in [0.5, 0.6) is 5.75 Å². The Morgan fingerprint density at radius 1 is 1.09 bits per heavy atom. The third kappa shape index (κ3) is 6.39. The molecule has 1 N–H and O–H groups in total. The smallest absolute Gasteiger partial charge is 0.244 e. The Labute approximate surface area is 138 Å². The van der Waals surface area contributed by atoms with Gasteiger partial charge in [0.25, 0.3) is 0 Å². The van der Waals surface area contributed by atoms with E-state index in [9.17, 15) is 4.79 Å². The summed E-state index contributed by atoms with van der Waals surface area (Å²) in [4.78, 5) is 11.8. The fraction of sp³-hybridized carbons (Fsp3) is 0.250. The summed E-state index contributed by atoms with van der Waals surface area (Å²) < 4.78 is 5.79. The SMILES string of the molecule is CC(C)(C)NC(=O)C=Cc1cccc(OCc2ccccc2)c1. The average molecular weight is 309 g/mol. The predicted molar refractivity (Wildman–Crippen MR) is 94.1 cm³/mol. The van der Waals surface area contributed by atoms with Crippen LogP contribution in [0.2, 0.25) is 0 Å². The fourth-order valence-corrected chi connectivity index (χ4v) is 2.03. The van der Waals surface area contributed by atoms with Gasteiger partial charge >= 0.3 is 0 Å². The van der Waals surface area contributed by atoms with Crippen LogP contribution in [0.25, 0.3) is 6.08 Å². The van der Waals surface area contributed by atoms with Crippen molar-refractivity contribution < 1.29 is 9.53 Å². The molecule has 1 amide bonds. The van der Waals surface area contributed by atoms with Gasteiger partial charge in [-0.2, -0.15) is 0 Å². The van der Waals surface area contributed by atoms with Crippen molar-refractivity contribution in [3.63, 3.8) is 0 Å². The predicted octanol–water partition coefficient (Wildman–Crippen LogP) is 4.19. The Hall–Kier alpha value is -2.55. The van der Waals surface area contributed by atoms with Gasteiger partial charge in [0.05, 0.1) is 0 Å². The molecule has 0 atom stereocenters. The molecule has 0 aliphatic rings. The van der Waals surface area contributed by atoms with Crippen LogP contribution in [0, 0.1) is 0 Å². The first-order chi connectivity index (χ1) is 10.9. The molecule has 0 heterocycles. The van der Waals surface area contributed by atoms with E-state index in [1.807, 2.05) is 75.4 Å². The fourth-order valence-electron chi connectivity index (χ4n) is 2.03. The maximum absolute atomic E-state index is 11.8. The molecule has 2 aromatic carbocycles. The maximum Gasteiger partial charge on any atom is 0.244 e. The summed E-state index contributed by atoms with van der Waals surface area (Å²) in [6, 6.07) is 17.7. The Morgan fingerprint density at radius 2 is 1.83 bits per heavy atom. The van der Waals surface area contributed by atoms with Crippen LogP contribution in [-0.4, -0.2) is 11.4 Å². The van der Waals surface area contributed by atoms with E-state index in [4.69, 9.17) is 4.74 Å². The van der Waals surface area contributed by atoms with Crippen LogP contribution in [0.4, 0.5) is 0 Å². The van der Waals surface area contributed by atoms with Crippen molar-refractivity contribution in [1.82, 2.24) is 5.32 Å². The van der Waals surface area contributed by atoms with Crippen molar-refractivity contribution in [2.24, 2.45) is 0 Å². The quantitative estimate of drug-likeness (QED) is 0.841. The summed E-state index contributed by atoms with van der Waals surface area (Å²) >= 11 is 0. The Balaban J connectivity index is 1.95. The molecule has 3 heteroatoms. The third-order valence-electron chi connectivity index (χ3n) is 3.03. The molecule has 0 radical (unpaired) electrons. The van der Waals surface area contributed by atoms with Gasteiger partial charge in [0.2, 0.25) is 5.91 Å². The molecule has 0 unspecified atom stereocenters. The van der Waals surface area contributed by atoms with Crippen LogP contribution in [0.3, 0.4) is 0 Å². The zero-order chi connectivity index (χ0) is 16.7. The second kappa shape index (κ2) is 7.63. The lowest BCUT2D eigenvalue weighted by atomic mass is 10.1. The zero-order valence-corrected chi connectivity index (χ0v) is 13.9. The average Bonchev–Trinajstić information content (AvgIpc) is 2.51. The highest BCUT2D eigenvalue weighted by atomic mass is 16.5.